The maximum absolute atomic E-state index is 2.48. The molecule has 2 nitrogen and oxygen atoms in total. The summed E-state index contributed by atoms with van der Waals surface area (Å²) in [6.07, 6.45) is 0. The van der Waals surface area contributed by atoms with E-state index in [2.05, 4.69) is 209 Å². The highest BCUT2D eigenvalue weighted by atomic mass is 32.1. The van der Waals surface area contributed by atoms with Crippen molar-refractivity contribution >= 4 is 97.1 Å². The first-order valence-electron chi connectivity index (χ1n) is 20.0. The van der Waals surface area contributed by atoms with Gasteiger partial charge in [0.1, 0.15) is 0 Å². The average Bonchev–Trinajstić information content (AvgIpc) is 3.80. The molecule has 10 aromatic rings. The van der Waals surface area contributed by atoms with Gasteiger partial charge in [-0.15, -0.1) is 22.7 Å². The Balaban J connectivity index is 1.13. The molecule has 0 atom stereocenters. The zero-order valence-electron chi connectivity index (χ0n) is 33.7. The minimum absolute atomic E-state index is 1.17. The normalized spacial score (nSPS) is 11.6. The van der Waals surface area contributed by atoms with Crippen molar-refractivity contribution in [3.63, 3.8) is 0 Å². The maximum Gasteiger partial charge on any atom is 0.0640 e. The summed E-state index contributed by atoms with van der Waals surface area (Å²) in [6, 6.07) is 58.2. The summed E-state index contributed by atoms with van der Waals surface area (Å²) in [7, 11) is 0. The summed E-state index contributed by atoms with van der Waals surface area (Å²) in [4.78, 5) is 4.96. The van der Waals surface area contributed by atoms with Crippen LogP contribution in [0.15, 0.2) is 158 Å². The van der Waals surface area contributed by atoms with Gasteiger partial charge in [-0.2, -0.15) is 0 Å². The van der Waals surface area contributed by atoms with Crippen molar-refractivity contribution in [3.8, 4) is 11.1 Å². The number of fused-ring (bicyclic) bond motifs is 6. The van der Waals surface area contributed by atoms with Crippen molar-refractivity contribution in [2.75, 3.05) is 9.80 Å². The van der Waals surface area contributed by atoms with Gasteiger partial charge in [0.05, 0.1) is 20.8 Å². The first-order chi connectivity index (χ1) is 28.3. The maximum atomic E-state index is 2.48. The second-order valence-electron chi connectivity index (χ2n) is 15.7. The number of hydrogen-bond acceptors (Lipinski definition) is 4. The molecule has 2 heterocycles. The van der Waals surface area contributed by atoms with E-state index in [0.29, 0.717) is 0 Å². The van der Waals surface area contributed by atoms with E-state index >= 15 is 0 Å². The zero-order chi connectivity index (χ0) is 39.7. The summed E-state index contributed by atoms with van der Waals surface area (Å²) in [5.41, 5.74) is 17.3. The van der Waals surface area contributed by atoms with E-state index in [0.717, 1.165) is 0 Å². The molecule has 282 valence electrons. The second kappa shape index (κ2) is 14.3. The van der Waals surface area contributed by atoms with Crippen molar-refractivity contribution in [2.24, 2.45) is 0 Å². The van der Waals surface area contributed by atoms with E-state index in [4.69, 9.17) is 0 Å². The number of para-hydroxylation sites is 2. The van der Waals surface area contributed by atoms with Gasteiger partial charge in [-0.1, -0.05) is 97.1 Å². The Morgan fingerprint density at radius 2 is 0.638 bits per heavy atom. The van der Waals surface area contributed by atoms with Gasteiger partial charge in [-0.05, 0) is 147 Å². The lowest BCUT2D eigenvalue weighted by atomic mass is 9.88. The molecule has 0 radical (unpaired) electrons. The SMILES string of the molecule is Cc1ccccc1N(c1cc(C)c(-c2c(C)cc(N(c3ccccc3C)c3cccc4c3sc3ccccc34)cc2C)c(C)c1)c1cccc2c1sc1ccccc12. The Morgan fingerprint density at radius 3 is 1.03 bits per heavy atom. The predicted octanol–water partition coefficient (Wildman–Crippen LogP) is 16.9. The smallest absolute Gasteiger partial charge is 0.0640 e. The Kier molecular flexibility index (Phi) is 8.93. The van der Waals surface area contributed by atoms with E-state index in [1.165, 1.54) is 119 Å². The van der Waals surface area contributed by atoms with Gasteiger partial charge in [-0.3, -0.25) is 0 Å². The molecule has 4 heteroatoms. The lowest BCUT2D eigenvalue weighted by Gasteiger charge is -2.30. The molecule has 0 aliphatic heterocycles. The summed E-state index contributed by atoms with van der Waals surface area (Å²) in [5.74, 6) is 0. The molecule has 0 N–H and O–H groups in total. The van der Waals surface area contributed by atoms with Crippen LogP contribution >= 0.6 is 22.7 Å². The Labute approximate surface area is 348 Å². The van der Waals surface area contributed by atoms with Crippen molar-refractivity contribution < 1.29 is 0 Å². The number of nitrogens with zero attached hydrogens (tertiary/aromatic N) is 2. The van der Waals surface area contributed by atoms with Gasteiger partial charge >= 0.3 is 0 Å². The zero-order valence-corrected chi connectivity index (χ0v) is 35.4. The molecule has 0 fully saturated rings. The fourth-order valence-corrected chi connectivity index (χ4v) is 11.6. The second-order valence-corrected chi connectivity index (χ2v) is 17.8. The van der Waals surface area contributed by atoms with Crippen molar-refractivity contribution in [1.82, 2.24) is 0 Å². The molecule has 58 heavy (non-hydrogen) atoms. The molecule has 0 amide bonds. The van der Waals surface area contributed by atoms with Crippen LogP contribution in [-0.2, 0) is 0 Å². The molecule has 10 rings (SSSR count). The van der Waals surface area contributed by atoms with Crippen LogP contribution in [0.4, 0.5) is 34.1 Å². The molecule has 0 aliphatic carbocycles. The molecule has 0 aliphatic rings. The van der Waals surface area contributed by atoms with E-state index in [1.54, 1.807) is 0 Å². The molecule has 0 spiro atoms. The van der Waals surface area contributed by atoms with Gasteiger partial charge in [0, 0.05) is 53.7 Å². The summed E-state index contributed by atoms with van der Waals surface area (Å²) >= 11 is 3.76. The molecule has 0 saturated carbocycles. The van der Waals surface area contributed by atoms with E-state index in [9.17, 15) is 0 Å². The Bertz CT molecular complexity index is 2960. The van der Waals surface area contributed by atoms with Crippen LogP contribution in [0.25, 0.3) is 51.5 Å². The number of aryl methyl sites for hydroxylation is 6. The standard InChI is InChI=1S/C54H44N2S2/c1-33-17-7-11-23-45(33)55(47-25-15-21-43-41-19-9-13-27-49(41)57-53(43)47)39-29-35(3)51(36(4)30-39)52-37(5)31-40(32-38(52)6)56(46-24-12-8-18-34(46)2)48-26-16-22-44-42-20-10-14-28-50(42)58-54(44)48/h7-32H,1-6H3. The fourth-order valence-electron chi connectivity index (χ4n) is 9.19. The van der Waals surface area contributed by atoms with Crippen molar-refractivity contribution in [3.05, 3.63) is 191 Å². The highest BCUT2D eigenvalue weighted by molar-refractivity contribution is 7.26. The van der Waals surface area contributed by atoms with Crippen LogP contribution in [0.1, 0.15) is 33.4 Å². The monoisotopic (exact) mass is 784 g/mol. The van der Waals surface area contributed by atoms with Gasteiger partial charge in [0.25, 0.3) is 0 Å². The average molecular weight is 785 g/mol. The first kappa shape index (κ1) is 36.2. The van der Waals surface area contributed by atoms with Crippen LogP contribution < -0.4 is 9.80 Å². The fraction of sp³-hybridized carbons (Fsp3) is 0.111. The van der Waals surface area contributed by atoms with Crippen LogP contribution in [-0.4, -0.2) is 0 Å². The third-order valence-corrected chi connectivity index (χ3v) is 14.2. The molecule has 0 bridgehead atoms. The summed E-state index contributed by atoms with van der Waals surface area (Å²) in [5, 5.41) is 5.23. The van der Waals surface area contributed by atoms with Crippen LogP contribution in [0.5, 0.6) is 0 Å². The molecule has 0 saturated heterocycles. The minimum Gasteiger partial charge on any atom is -0.309 e. The summed E-state index contributed by atoms with van der Waals surface area (Å²) < 4.78 is 5.23. The highest BCUT2D eigenvalue weighted by Gasteiger charge is 2.24. The molecular weight excluding hydrogens is 741 g/mol. The Morgan fingerprint density at radius 1 is 0.310 bits per heavy atom. The van der Waals surface area contributed by atoms with Gasteiger partial charge in [-0.25, -0.2) is 0 Å². The number of rotatable bonds is 7. The predicted molar refractivity (Wildman–Crippen MR) is 255 cm³/mol. The van der Waals surface area contributed by atoms with Crippen LogP contribution in [0, 0.1) is 41.5 Å². The number of anilines is 6. The third-order valence-electron chi connectivity index (χ3n) is 11.8. The first-order valence-corrected chi connectivity index (χ1v) is 21.6. The topological polar surface area (TPSA) is 6.48 Å². The van der Waals surface area contributed by atoms with Crippen molar-refractivity contribution in [1.29, 1.82) is 0 Å². The summed E-state index contributed by atoms with van der Waals surface area (Å²) in [6.45, 7) is 13.6. The van der Waals surface area contributed by atoms with Gasteiger partial charge in [0.15, 0.2) is 0 Å². The molecular formula is C54H44N2S2. The van der Waals surface area contributed by atoms with Crippen LogP contribution in [0.2, 0.25) is 0 Å². The van der Waals surface area contributed by atoms with Crippen LogP contribution in [0.3, 0.4) is 0 Å². The minimum atomic E-state index is 1.17. The lowest BCUT2D eigenvalue weighted by Crippen LogP contribution is -2.13. The molecule has 0 unspecified atom stereocenters. The Hall–Kier alpha value is -6.20. The number of benzene rings is 8. The third kappa shape index (κ3) is 5.90. The lowest BCUT2D eigenvalue weighted by molar-refractivity contribution is 1.22. The largest absolute Gasteiger partial charge is 0.309 e. The van der Waals surface area contributed by atoms with Crippen molar-refractivity contribution in [2.45, 2.75) is 41.5 Å². The number of hydrogen-bond donors (Lipinski definition) is 0. The van der Waals surface area contributed by atoms with E-state index < -0.39 is 0 Å². The number of thiophene rings is 2. The quantitative estimate of drug-likeness (QED) is 0.159. The van der Waals surface area contributed by atoms with Gasteiger partial charge < -0.3 is 9.80 Å². The van der Waals surface area contributed by atoms with Gasteiger partial charge in [0.2, 0.25) is 0 Å². The van der Waals surface area contributed by atoms with E-state index in [-0.39, 0.29) is 0 Å². The molecule has 8 aromatic carbocycles. The molecule has 2 aromatic heterocycles. The van der Waals surface area contributed by atoms with E-state index in [1.807, 2.05) is 22.7 Å². The highest BCUT2D eigenvalue weighted by Crippen LogP contribution is 2.49.